The number of hydrazone groups is 1. The average molecular weight is 808 g/mol. The van der Waals surface area contributed by atoms with E-state index in [4.69, 9.17) is 26.4 Å². The third-order valence-corrected chi connectivity index (χ3v) is 7.92. The van der Waals surface area contributed by atoms with Crippen LogP contribution < -0.4 is 25.5 Å². The van der Waals surface area contributed by atoms with Gasteiger partial charge in [-0.25, -0.2) is 10.2 Å². The van der Waals surface area contributed by atoms with E-state index in [1.807, 2.05) is 6.07 Å². The summed E-state index contributed by atoms with van der Waals surface area (Å²) in [5, 5.41) is 21.3. The first-order valence-electron chi connectivity index (χ1n) is 13.4. The number of nitro groups is 1. The number of hydrogen-bond acceptors (Lipinski definition) is 9. The molecule has 12 nitrogen and oxygen atoms in total. The Labute approximate surface area is 286 Å². The zero-order chi connectivity index (χ0) is 32.5. The first-order valence-corrected chi connectivity index (χ1v) is 15.7. The molecule has 0 fully saturated rings. The van der Waals surface area contributed by atoms with Crippen molar-refractivity contribution in [2.24, 2.45) is 5.10 Å². The number of amides is 1. The summed E-state index contributed by atoms with van der Waals surface area (Å²) in [6, 6.07) is 16.1. The lowest BCUT2D eigenvalue weighted by Gasteiger charge is -2.30. The molecular weight excluding hydrogens is 781 g/mol. The van der Waals surface area contributed by atoms with Gasteiger partial charge >= 0.3 is 5.97 Å². The molecule has 45 heavy (non-hydrogen) atoms. The van der Waals surface area contributed by atoms with E-state index >= 15 is 0 Å². The van der Waals surface area contributed by atoms with Crippen molar-refractivity contribution in [3.05, 3.63) is 107 Å². The third kappa shape index (κ3) is 8.98. The van der Waals surface area contributed by atoms with Crippen LogP contribution in [0.25, 0.3) is 0 Å². The predicted molar refractivity (Wildman–Crippen MR) is 183 cm³/mol. The molecule has 0 unspecified atom stereocenters. The number of hydrogen-bond donors (Lipinski definition) is 3. The summed E-state index contributed by atoms with van der Waals surface area (Å²) in [6.07, 6.45) is 1.48. The van der Waals surface area contributed by atoms with E-state index in [0.29, 0.717) is 43.5 Å². The summed E-state index contributed by atoms with van der Waals surface area (Å²) in [5.74, 6) is -0.00246. The minimum Gasteiger partial charge on any atom is -0.487 e. The second kappa shape index (κ2) is 15.8. The lowest BCUT2D eigenvalue weighted by atomic mass is 9.95. The Hall–Kier alpha value is -4.09. The molecule has 1 atom stereocenters. The van der Waals surface area contributed by atoms with Crippen LogP contribution in [0, 0.1) is 13.7 Å². The number of halogens is 2. The molecule has 0 bridgehead atoms. The van der Waals surface area contributed by atoms with Gasteiger partial charge in [-0.2, -0.15) is 5.10 Å². The van der Waals surface area contributed by atoms with Gasteiger partial charge in [0.15, 0.2) is 11.7 Å². The molecule has 3 aromatic rings. The van der Waals surface area contributed by atoms with E-state index in [2.05, 4.69) is 59.7 Å². The molecule has 0 saturated heterocycles. The van der Waals surface area contributed by atoms with Crippen molar-refractivity contribution >= 4 is 79.6 Å². The molecule has 0 radical (unpaired) electrons. The van der Waals surface area contributed by atoms with Crippen LogP contribution in [0.5, 0.6) is 11.5 Å². The molecule has 1 heterocycles. The van der Waals surface area contributed by atoms with Crippen LogP contribution in [0.2, 0.25) is 0 Å². The molecule has 0 spiro atoms. The molecule has 0 aromatic heterocycles. The van der Waals surface area contributed by atoms with Crippen molar-refractivity contribution in [1.82, 2.24) is 16.1 Å². The molecule has 3 aromatic carbocycles. The van der Waals surface area contributed by atoms with Crippen molar-refractivity contribution in [2.45, 2.75) is 26.5 Å². The molecule has 0 aliphatic carbocycles. The zero-order valence-corrected chi connectivity index (χ0v) is 28.5. The quantitative estimate of drug-likeness (QED) is 0.0540. The van der Waals surface area contributed by atoms with Crippen molar-refractivity contribution < 1.29 is 28.7 Å². The summed E-state index contributed by atoms with van der Waals surface area (Å²) >= 11 is 10.9. The van der Waals surface area contributed by atoms with Gasteiger partial charge in [-0.1, -0.05) is 18.2 Å². The Morgan fingerprint density at radius 1 is 1.18 bits per heavy atom. The van der Waals surface area contributed by atoms with Crippen molar-refractivity contribution in [2.75, 3.05) is 13.2 Å². The molecule has 15 heteroatoms. The van der Waals surface area contributed by atoms with Gasteiger partial charge in [0.25, 0.3) is 11.6 Å². The number of non-ortho nitro benzene ring substituents is 1. The minimum atomic E-state index is -0.642. The SMILES string of the molecule is CCOC(=O)C1=C(C)NC(=S)N[C@H]1c1ccccc1OCC(=O)NN=Cc1cc(Br)c(OCc2ccc([N+](=O)[O-])cc2)c(I)c1. The summed E-state index contributed by atoms with van der Waals surface area (Å²) in [5.41, 5.74) is 5.47. The number of allylic oxidation sites excluding steroid dienone is 1. The molecule has 0 saturated carbocycles. The van der Waals surface area contributed by atoms with Crippen LogP contribution >= 0.6 is 50.7 Å². The van der Waals surface area contributed by atoms with E-state index in [1.54, 1.807) is 56.3 Å². The summed E-state index contributed by atoms with van der Waals surface area (Å²) in [6.45, 7) is 3.57. The van der Waals surface area contributed by atoms with Gasteiger partial charge in [-0.3, -0.25) is 14.9 Å². The van der Waals surface area contributed by atoms with Crippen LogP contribution in [-0.2, 0) is 20.9 Å². The van der Waals surface area contributed by atoms with Gasteiger partial charge in [0.05, 0.1) is 37.4 Å². The van der Waals surface area contributed by atoms with Crippen LogP contribution in [0.1, 0.15) is 36.6 Å². The molecule has 1 aliphatic heterocycles. The number of esters is 1. The van der Waals surface area contributed by atoms with Crippen LogP contribution in [-0.4, -0.2) is 41.3 Å². The number of rotatable bonds is 12. The second-order valence-electron chi connectivity index (χ2n) is 9.44. The molecular formula is C30H27BrIN5O7S. The van der Waals surface area contributed by atoms with Crippen molar-refractivity contribution in [1.29, 1.82) is 0 Å². The van der Waals surface area contributed by atoms with E-state index in [-0.39, 0.29) is 25.5 Å². The number of nitro benzene ring substituents is 1. The monoisotopic (exact) mass is 807 g/mol. The van der Waals surface area contributed by atoms with Gasteiger partial charge in [-0.05, 0) is 106 Å². The molecule has 1 amide bonds. The normalized spacial score (nSPS) is 14.4. The van der Waals surface area contributed by atoms with Crippen molar-refractivity contribution in [3.63, 3.8) is 0 Å². The Morgan fingerprint density at radius 3 is 2.60 bits per heavy atom. The highest BCUT2D eigenvalue weighted by molar-refractivity contribution is 14.1. The molecule has 4 rings (SSSR count). The van der Waals surface area contributed by atoms with Crippen LogP contribution in [0.4, 0.5) is 5.69 Å². The fraction of sp³-hybridized carbons (Fsp3) is 0.200. The highest BCUT2D eigenvalue weighted by atomic mass is 127. The number of nitrogens with one attached hydrogen (secondary N) is 3. The van der Waals surface area contributed by atoms with E-state index in [0.717, 1.165) is 9.13 Å². The summed E-state index contributed by atoms with van der Waals surface area (Å²) in [7, 11) is 0. The fourth-order valence-corrected chi connectivity index (χ4v) is 6.31. The number of thiocarbonyl (C=S) groups is 1. The summed E-state index contributed by atoms with van der Waals surface area (Å²) < 4.78 is 18.5. The number of para-hydroxylation sites is 1. The second-order valence-corrected chi connectivity index (χ2v) is 11.9. The Kier molecular flexibility index (Phi) is 11.8. The van der Waals surface area contributed by atoms with Gasteiger partial charge in [0.1, 0.15) is 18.1 Å². The highest BCUT2D eigenvalue weighted by Crippen LogP contribution is 2.34. The van der Waals surface area contributed by atoms with Crippen LogP contribution in [0.3, 0.4) is 0 Å². The number of carbonyl (C=O) groups is 2. The smallest absolute Gasteiger partial charge is 0.338 e. The maximum absolute atomic E-state index is 12.7. The lowest BCUT2D eigenvalue weighted by Crippen LogP contribution is -2.45. The largest absolute Gasteiger partial charge is 0.487 e. The van der Waals surface area contributed by atoms with Crippen LogP contribution in [0.15, 0.2) is 81.5 Å². The lowest BCUT2D eigenvalue weighted by molar-refractivity contribution is -0.384. The van der Waals surface area contributed by atoms with Gasteiger partial charge in [0.2, 0.25) is 0 Å². The van der Waals surface area contributed by atoms with Gasteiger partial charge < -0.3 is 24.8 Å². The number of benzene rings is 3. The number of ether oxygens (including phenoxy) is 3. The Morgan fingerprint density at radius 2 is 1.91 bits per heavy atom. The van der Waals surface area contributed by atoms with Crippen molar-refractivity contribution in [3.8, 4) is 11.5 Å². The average Bonchev–Trinajstić information content (AvgIpc) is 2.99. The standard InChI is InChI=1S/C30H27BrIN5O7S/c1-3-42-29(39)26-17(2)34-30(45)35-27(26)21-6-4-5-7-24(21)43-16-25(38)36-33-14-19-12-22(31)28(23(32)13-19)44-15-18-8-10-20(11-9-18)37(40)41/h4-14,27H,3,15-16H2,1-2H3,(H,36,38)(H2,34,35,45)/t27-/m0/s1. The fourth-order valence-electron chi connectivity index (χ4n) is 4.27. The summed E-state index contributed by atoms with van der Waals surface area (Å²) in [4.78, 5) is 35.7. The Balaban J connectivity index is 1.36. The first-order chi connectivity index (χ1) is 21.6. The van der Waals surface area contributed by atoms with E-state index in [1.165, 1.54) is 18.3 Å². The first kappa shape index (κ1) is 33.8. The zero-order valence-electron chi connectivity index (χ0n) is 24.0. The van der Waals surface area contributed by atoms with E-state index < -0.39 is 22.8 Å². The third-order valence-electron chi connectivity index (χ3n) is 6.31. The highest BCUT2D eigenvalue weighted by Gasteiger charge is 2.32. The maximum atomic E-state index is 12.7. The van der Waals surface area contributed by atoms with Gasteiger partial charge in [-0.15, -0.1) is 0 Å². The molecule has 1 aliphatic rings. The minimum absolute atomic E-state index is 0.0124. The number of nitrogens with zero attached hydrogens (tertiary/aromatic N) is 2. The van der Waals surface area contributed by atoms with E-state index in [9.17, 15) is 19.7 Å². The molecule has 234 valence electrons. The Bertz CT molecular complexity index is 1660. The predicted octanol–water partition coefficient (Wildman–Crippen LogP) is 5.43. The van der Waals surface area contributed by atoms with Gasteiger partial charge in [0, 0.05) is 23.4 Å². The molecule has 3 N–H and O–H groups in total. The maximum Gasteiger partial charge on any atom is 0.338 e. The number of carbonyl (C=O) groups excluding carboxylic acids is 2. The topological polar surface area (TPSA) is 153 Å².